The molecule has 164 valence electrons. The number of hydrogen-bond donors (Lipinski definition) is 2. The van der Waals surface area contributed by atoms with Crippen LogP contribution in [0.4, 0.5) is 0 Å². The Kier molecular flexibility index (Phi) is 11.8. The van der Waals surface area contributed by atoms with Crippen molar-refractivity contribution in [1.82, 2.24) is 0 Å². The topological polar surface area (TPSA) is 74.6 Å². The molecule has 0 bridgehead atoms. The van der Waals surface area contributed by atoms with E-state index in [0.29, 0.717) is 24.7 Å². The second kappa shape index (κ2) is 13.2. The molecule has 2 N–H and O–H groups in total. The highest BCUT2D eigenvalue weighted by Crippen LogP contribution is 2.43. The van der Waals surface area contributed by atoms with Gasteiger partial charge in [0.1, 0.15) is 0 Å². The Hall–Kier alpha value is -1.06. The van der Waals surface area contributed by atoms with E-state index in [1.165, 1.54) is 0 Å². The maximum Gasteiger partial charge on any atom is 0.306 e. The van der Waals surface area contributed by atoms with Crippen molar-refractivity contribution >= 4 is 11.9 Å². The molecular formula is C24H44O4. The summed E-state index contributed by atoms with van der Waals surface area (Å²) in [6.45, 7) is 8.79. The molecule has 0 aliphatic heterocycles. The van der Waals surface area contributed by atoms with Crippen LogP contribution in [0.1, 0.15) is 105 Å². The first-order valence-electron chi connectivity index (χ1n) is 11.7. The summed E-state index contributed by atoms with van der Waals surface area (Å²) in [6.07, 6.45) is 11.5. The Morgan fingerprint density at radius 3 is 1.29 bits per heavy atom. The Labute approximate surface area is 172 Å². The molecule has 4 nitrogen and oxygen atoms in total. The molecule has 0 saturated heterocycles. The molecule has 1 fully saturated rings. The first-order chi connectivity index (χ1) is 13.2. The average molecular weight is 397 g/mol. The number of unbranched alkanes of at least 4 members (excludes halogenated alkanes) is 2. The van der Waals surface area contributed by atoms with Crippen molar-refractivity contribution in [2.24, 2.45) is 35.5 Å². The highest BCUT2D eigenvalue weighted by molar-refractivity contribution is 5.72. The van der Waals surface area contributed by atoms with Gasteiger partial charge >= 0.3 is 11.9 Å². The first kappa shape index (κ1) is 25.0. The standard InChI is InChI=1S/C24H44O4/c1-17(2)11-5-7-15-21(23(25)26)19-13-9-10-14-20(19)22(24(27)28)16-8-6-12-18(3)4/h17-22H,5-16H2,1-4H3,(H,25,26)(H,27,28). The lowest BCUT2D eigenvalue weighted by Crippen LogP contribution is -2.38. The SMILES string of the molecule is CC(C)CCCCC(C(=O)O)C1CCCCC1C(CCCCC(C)C)C(=O)O. The highest BCUT2D eigenvalue weighted by atomic mass is 16.4. The Balaban J connectivity index is 2.77. The molecule has 4 heteroatoms. The molecule has 1 aliphatic carbocycles. The molecule has 0 heterocycles. The van der Waals surface area contributed by atoms with Crippen LogP contribution in [0, 0.1) is 35.5 Å². The van der Waals surface area contributed by atoms with Gasteiger partial charge in [-0.15, -0.1) is 0 Å². The van der Waals surface area contributed by atoms with Crippen LogP contribution < -0.4 is 0 Å². The number of carboxylic acids is 2. The van der Waals surface area contributed by atoms with Gasteiger partial charge in [-0.25, -0.2) is 0 Å². The molecule has 4 unspecified atom stereocenters. The molecule has 1 rings (SSSR count). The third-order valence-electron chi connectivity index (χ3n) is 6.64. The predicted molar refractivity (Wildman–Crippen MR) is 114 cm³/mol. The number of aliphatic carboxylic acids is 2. The monoisotopic (exact) mass is 396 g/mol. The van der Waals surface area contributed by atoms with Crippen molar-refractivity contribution in [1.29, 1.82) is 0 Å². The second-order valence-corrected chi connectivity index (χ2v) is 9.86. The summed E-state index contributed by atoms with van der Waals surface area (Å²) < 4.78 is 0. The van der Waals surface area contributed by atoms with Crippen LogP contribution in [0.25, 0.3) is 0 Å². The smallest absolute Gasteiger partial charge is 0.306 e. The normalized spacial score (nSPS) is 22.4. The zero-order chi connectivity index (χ0) is 21.1. The minimum Gasteiger partial charge on any atom is -0.481 e. The summed E-state index contributed by atoms with van der Waals surface area (Å²) in [6, 6.07) is 0. The molecule has 1 saturated carbocycles. The fourth-order valence-corrected chi connectivity index (χ4v) is 5.06. The van der Waals surface area contributed by atoms with Crippen molar-refractivity contribution in [3.8, 4) is 0 Å². The van der Waals surface area contributed by atoms with Crippen molar-refractivity contribution in [3.63, 3.8) is 0 Å². The van der Waals surface area contributed by atoms with Crippen molar-refractivity contribution < 1.29 is 19.8 Å². The average Bonchev–Trinajstić information content (AvgIpc) is 2.61. The van der Waals surface area contributed by atoms with Gasteiger partial charge in [-0.05, 0) is 49.4 Å². The minimum absolute atomic E-state index is 0.0245. The zero-order valence-electron chi connectivity index (χ0n) is 18.7. The van der Waals surface area contributed by atoms with E-state index in [2.05, 4.69) is 27.7 Å². The van der Waals surface area contributed by atoms with Crippen LogP contribution in [0.3, 0.4) is 0 Å². The maximum absolute atomic E-state index is 12.1. The van der Waals surface area contributed by atoms with Crippen LogP contribution in [0.15, 0.2) is 0 Å². The summed E-state index contributed by atoms with van der Waals surface area (Å²) in [5.74, 6) is -0.852. The Morgan fingerprint density at radius 1 is 0.679 bits per heavy atom. The molecule has 4 atom stereocenters. The largest absolute Gasteiger partial charge is 0.481 e. The van der Waals surface area contributed by atoms with E-state index in [4.69, 9.17) is 0 Å². The van der Waals surface area contributed by atoms with Gasteiger partial charge in [0.05, 0.1) is 11.8 Å². The van der Waals surface area contributed by atoms with E-state index in [-0.39, 0.29) is 23.7 Å². The third kappa shape index (κ3) is 8.96. The van der Waals surface area contributed by atoms with Crippen LogP contribution in [0.2, 0.25) is 0 Å². The molecule has 0 amide bonds. The summed E-state index contributed by atoms with van der Waals surface area (Å²) in [5.41, 5.74) is 0. The summed E-state index contributed by atoms with van der Waals surface area (Å²) in [7, 11) is 0. The van der Waals surface area contributed by atoms with E-state index >= 15 is 0 Å². The van der Waals surface area contributed by atoms with E-state index in [1.807, 2.05) is 0 Å². The molecule has 0 spiro atoms. The van der Waals surface area contributed by atoms with Crippen molar-refractivity contribution in [2.45, 2.75) is 105 Å². The summed E-state index contributed by atoms with van der Waals surface area (Å²) in [5, 5.41) is 19.8. The van der Waals surface area contributed by atoms with E-state index in [9.17, 15) is 19.8 Å². The third-order valence-corrected chi connectivity index (χ3v) is 6.64. The van der Waals surface area contributed by atoms with Gasteiger partial charge in [0.25, 0.3) is 0 Å². The van der Waals surface area contributed by atoms with Crippen LogP contribution in [-0.2, 0) is 9.59 Å². The quantitative estimate of drug-likeness (QED) is 0.323. The van der Waals surface area contributed by atoms with E-state index in [1.54, 1.807) is 0 Å². The lowest BCUT2D eigenvalue weighted by atomic mass is 9.65. The molecule has 0 aromatic carbocycles. The summed E-state index contributed by atoms with van der Waals surface area (Å²) >= 11 is 0. The molecular weight excluding hydrogens is 352 g/mol. The zero-order valence-corrected chi connectivity index (χ0v) is 18.7. The summed E-state index contributed by atoms with van der Waals surface area (Å²) in [4.78, 5) is 24.1. The lowest BCUT2D eigenvalue weighted by Gasteiger charge is -2.38. The molecule has 0 aromatic heterocycles. The fourth-order valence-electron chi connectivity index (χ4n) is 5.06. The minimum atomic E-state index is -0.717. The van der Waals surface area contributed by atoms with Crippen molar-refractivity contribution in [2.75, 3.05) is 0 Å². The molecule has 1 aliphatic rings. The number of carbonyl (C=O) groups is 2. The molecule has 0 aromatic rings. The van der Waals surface area contributed by atoms with Crippen molar-refractivity contribution in [3.05, 3.63) is 0 Å². The Morgan fingerprint density at radius 2 is 1.00 bits per heavy atom. The number of carboxylic acid groups (broad SMARTS) is 2. The first-order valence-corrected chi connectivity index (χ1v) is 11.7. The van der Waals surface area contributed by atoms with Gasteiger partial charge in [-0.2, -0.15) is 0 Å². The fraction of sp³-hybridized carbons (Fsp3) is 0.917. The van der Waals surface area contributed by atoms with Gasteiger partial charge in [0.2, 0.25) is 0 Å². The Bertz CT molecular complexity index is 416. The molecule has 0 radical (unpaired) electrons. The lowest BCUT2D eigenvalue weighted by molar-refractivity contribution is -0.151. The van der Waals surface area contributed by atoms with Crippen LogP contribution in [0.5, 0.6) is 0 Å². The van der Waals surface area contributed by atoms with Gasteiger partial charge in [-0.1, -0.05) is 79.1 Å². The highest BCUT2D eigenvalue weighted by Gasteiger charge is 2.41. The number of rotatable bonds is 14. The van der Waals surface area contributed by atoms with Gasteiger partial charge < -0.3 is 10.2 Å². The van der Waals surface area contributed by atoms with E-state index in [0.717, 1.165) is 64.2 Å². The maximum atomic E-state index is 12.1. The van der Waals surface area contributed by atoms with Gasteiger partial charge in [0.15, 0.2) is 0 Å². The van der Waals surface area contributed by atoms with Gasteiger partial charge in [0, 0.05) is 0 Å². The predicted octanol–water partition coefficient (Wildman–Crippen LogP) is 6.63. The molecule has 28 heavy (non-hydrogen) atoms. The second-order valence-electron chi connectivity index (χ2n) is 9.86. The van der Waals surface area contributed by atoms with Crippen LogP contribution in [-0.4, -0.2) is 22.2 Å². The van der Waals surface area contributed by atoms with E-state index < -0.39 is 11.9 Å². The van der Waals surface area contributed by atoms with Crippen LogP contribution >= 0.6 is 0 Å². The number of hydrogen-bond acceptors (Lipinski definition) is 2. The van der Waals surface area contributed by atoms with Gasteiger partial charge in [-0.3, -0.25) is 9.59 Å².